The summed E-state index contributed by atoms with van der Waals surface area (Å²) in [6, 6.07) is 3.91. The molecule has 0 aromatic carbocycles. The molecule has 15 heavy (non-hydrogen) atoms. The molecule has 1 unspecified atom stereocenters. The van der Waals surface area contributed by atoms with Crippen LogP contribution in [-0.4, -0.2) is 22.2 Å². The summed E-state index contributed by atoms with van der Waals surface area (Å²) in [5.74, 6) is 0. The normalized spacial score (nSPS) is 16.1. The molecule has 3 N–H and O–H groups in total. The number of pyridine rings is 1. The topological polar surface area (TPSA) is 59.1 Å². The standard InChI is InChI=1S/C12H20N2O/c1-11(2,13)12(3,6-8-15)10-5-4-7-14-9-10/h4-5,7,9,15H,6,8,13H2,1-3H3. The maximum atomic E-state index is 9.15. The Morgan fingerprint density at radius 1 is 1.40 bits per heavy atom. The van der Waals surface area contributed by atoms with Gasteiger partial charge in [-0.15, -0.1) is 0 Å². The summed E-state index contributed by atoms with van der Waals surface area (Å²) in [4.78, 5) is 4.11. The Morgan fingerprint density at radius 3 is 2.47 bits per heavy atom. The average molecular weight is 208 g/mol. The molecular weight excluding hydrogens is 188 g/mol. The van der Waals surface area contributed by atoms with Crippen molar-refractivity contribution in [3.05, 3.63) is 30.1 Å². The highest BCUT2D eigenvalue weighted by Gasteiger charge is 2.39. The molecule has 0 bridgehead atoms. The van der Waals surface area contributed by atoms with E-state index in [4.69, 9.17) is 10.8 Å². The zero-order valence-electron chi connectivity index (χ0n) is 9.70. The van der Waals surface area contributed by atoms with Crippen LogP contribution in [-0.2, 0) is 5.41 Å². The zero-order valence-corrected chi connectivity index (χ0v) is 9.70. The van der Waals surface area contributed by atoms with Gasteiger partial charge in [0.2, 0.25) is 0 Å². The van der Waals surface area contributed by atoms with Crippen LogP contribution in [0.5, 0.6) is 0 Å². The van der Waals surface area contributed by atoms with E-state index in [2.05, 4.69) is 11.9 Å². The molecule has 0 aliphatic rings. The zero-order chi connectivity index (χ0) is 11.5. The first kappa shape index (κ1) is 12.1. The van der Waals surface area contributed by atoms with Crippen LogP contribution in [0.25, 0.3) is 0 Å². The third-order valence-electron chi connectivity index (χ3n) is 3.33. The van der Waals surface area contributed by atoms with E-state index in [0.717, 1.165) is 5.56 Å². The van der Waals surface area contributed by atoms with Crippen molar-refractivity contribution < 1.29 is 5.11 Å². The van der Waals surface area contributed by atoms with E-state index in [0.29, 0.717) is 6.42 Å². The van der Waals surface area contributed by atoms with E-state index in [-0.39, 0.29) is 12.0 Å². The summed E-state index contributed by atoms with van der Waals surface area (Å²) in [6.45, 7) is 6.16. The van der Waals surface area contributed by atoms with Gasteiger partial charge in [-0.2, -0.15) is 0 Å². The highest BCUT2D eigenvalue weighted by atomic mass is 16.3. The first-order valence-electron chi connectivity index (χ1n) is 5.22. The lowest BCUT2D eigenvalue weighted by Crippen LogP contribution is -2.52. The maximum absolute atomic E-state index is 9.15. The summed E-state index contributed by atoms with van der Waals surface area (Å²) in [5, 5.41) is 9.15. The molecule has 0 aliphatic heterocycles. The Labute approximate surface area is 91.3 Å². The van der Waals surface area contributed by atoms with E-state index in [1.54, 1.807) is 6.20 Å². The minimum absolute atomic E-state index is 0.131. The van der Waals surface area contributed by atoms with Crippen LogP contribution in [0.4, 0.5) is 0 Å². The van der Waals surface area contributed by atoms with Crippen LogP contribution in [0.2, 0.25) is 0 Å². The van der Waals surface area contributed by atoms with Gasteiger partial charge in [-0.1, -0.05) is 13.0 Å². The van der Waals surface area contributed by atoms with Gasteiger partial charge in [0.25, 0.3) is 0 Å². The molecule has 0 amide bonds. The number of aliphatic hydroxyl groups excluding tert-OH is 1. The molecule has 84 valence electrons. The number of aromatic nitrogens is 1. The van der Waals surface area contributed by atoms with E-state index < -0.39 is 5.54 Å². The largest absolute Gasteiger partial charge is 0.396 e. The highest BCUT2D eigenvalue weighted by molar-refractivity contribution is 5.26. The molecule has 1 aromatic rings. The van der Waals surface area contributed by atoms with Crippen molar-refractivity contribution in [1.29, 1.82) is 0 Å². The van der Waals surface area contributed by atoms with Crippen LogP contribution in [0.3, 0.4) is 0 Å². The maximum Gasteiger partial charge on any atom is 0.0440 e. The molecule has 3 nitrogen and oxygen atoms in total. The van der Waals surface area contributed by atoms with Crippen molar-refractivity contribution in [2.75, 3.05) is 6.61 Å². The summed E-state index contributed by atoms with van der Waals surface area (Å²) < 4.78 is 0. The molecule has 0 fully saturated rings. The SMILES string of the molecule is CC(C)(N)C(C)(CCO)c1cccnc1. The van der Waals surface area contributed by atoms with Crippen LogP contribution in [0.1, 0.15) is 32.8 Å². The number of rotatable bonds is 4. The summed E-state index contributed by atoms with van der Waals surface area (Å²) in [6.07, 6.45) is 4.21. The third kappa shape index (κ3) is 2.36. The molecule has 0 spiro atoms. The van der Waals surface area contributed by atoms with Gasteiger partial charge in [0.05, 0.1) is 0 Å². The van der Waals surface area contributed by atoms with Gasteiger partial charge < -0.3 is 10.8 Å². The van der Waals surface area contributed by atoms with Crippen molar-refractivity contribution in [2.45, 2.75) is 38.1 Å². The third-order valence-corrected chi connectivity index (χ3v) is 3.33. The van der Waals surface area contributed by atoms with Crippen LogP contribution in [0, 0.1) is 0 Å². The Balaban J connectivity index is 3.13. The molecule has 1 rings (SSSR count). The summed E-state index contributed by atoms with van der Waals surface area (Å²) in [5.41, 5.74) is 6.62. The van der Waals surface area contributed by atoms with Crippen molar-refractivity contribution in [3.8, 4) is 0 Å². The van der Waals surface area contributed by atoms with Gasteiger partial charge in [-0.25, -0.2) is 0 Å². The van der Waals surface area contributed by atoms with E-state index >= 15 is 0 Å². The fourth-order valence-corrected chi connectivity index (χ4v) is 1.75. The van der Waals surface area contributed by atoms with Gasteiger partial charge in [-0.05, 0) is 31.9 Å². The number of nitrogens with two attached hydrogens (primary N) is 1. The molecule has 0 saturated carbocycles. The van der Waals surface area contributed by atoms with Crippen LogP contribution in [0.15, 0.2) is 24.5 Å². The predicted molar refractivity (Wildman–Crippen MR) is 61.6 cm³/mol. The lowest BCUT2D eigenvalue weighted by Gasteiger charge is -2.41. The van der Waals surface area contributed by atoms with Gasteiger partial charge in [0.1, 0.15) is 0 Å². The highest BCUT2D eigenvalue weighted by Crippen LogP contribution is 2.36. The van der Waals surface area contributed by atoms with Crippen molar-refractivity contribution >= 4 is 0 Å². The molecule has 3 heteroatoms. The Bertz CT molecular complexity index is 305. The number of hydrogen-bond acceptors (Lipinski definition) is 3. The van der Waals surface area contributed by atoms with Crippen molar-refractivity contribution in [2.24, 2.45) is 5.73 Å². The van der Waals surface area contributed by atoms with Gasteiger partial charge in [0, 0.05) is 30.0 Å². The second kappa shape index (κ2) is 4.29. The fraction of sp³-hybridized carbons (Fsp3) is 0.583. The smallest absolute Gasteiger partial charge is 0.0440 e. The number of aliphatic hydroxyl groups is 1. The molecule has 0 radical (unpaired) electrons. The minimum atomic E-state index is -0.390. The van der Waals surface area contributed by atoms with Crippen LogP contribution >= 0.6 is 0 Å². The lowest BCUT2D eigenvalue weighted by atomic mass is 9.67. The Kier molecular flexibility index (Phi) is 3.47. The molecule has 0 aliphatic carbocycles. The fourth-order valence-electron chi connectivity index (χ4n) is 1.75. The van der Waals surface area contributed by atoms with Gasteiger partial charge >= 0.3 is 0 Å². The molecule has 1 atom stereocenters. The lowest BCUT2D eigenvalue weighted by molar-refractivity contribution is 0.190. The monoisotopic (exact) mass is 208 g/mol. The number of nitrogens with zero attached hydrogens (tertiary/aromatic N) is 1. The minimum Gasteiger partial charge on any atom is -0.396 e. The molecule has 1 aromatic heterocycles. The second-order valence-corrected chi connectivity index (χ2v) is 4.77. The van der Waals surface area contributed by atoms with E-state index in [1.165, 1.54) is 0 Å². The quantitative estimate of drug-likeness (QED) is 0.787. The van der Waals surface area contributed by atoms with Gasteiger partial charge in [0.15, 0.2) is 0 Å². The van der Waals surface area contributed by atoms with Crippen molar-refractivity contribution in [1.82, 2.24) is 4.98 Å². The van der Waals surface area contributed by atoms with Crippen molar-refractivity contribution in [3.63, 3.8) is 0 Å². The summed E-state index contributed by atoms with van der Waals surface area (Å²) in [7, 11) is 0. The molecule has 1 heterocycles. The van der Waals surface area contributed by atoms with E-state index in [1.807, 2.05) is 32.2 Å². The predicted octanol–water partition coefficient (Wildman–Crippen LogP) is 1.46. The second-order valence-electron chi connectivity index (χ2n) is 4.77. The average Bonchev–Trinajstić information content (AvgIpc) is 2.18. The molecular formula is C12H20N2O. The van der Waals surface area contributed by atoms with Crippen LogP contribution < -0.4 is 5.73 Å². The number of hydrogen-bond donors (Lipinski definition) is 2. The Hall–Kier alpha value is -0.930. The Morgan fingerprint density at radius 2 is 2.07 bits per heavy atom. The first-order chi connectivity index (χ1) is 6.92. The summed E-state index contributed by atoms with van der Waals surface area (Å²) >= 11 is 0. The van der Waals surface area contributed by atoms with E-state index in [9.17, 15) is 0 Å². The first-order valence-corrected chi connectivity index (χ1v) is 5.22. The molecule has 0 saturated heterocycles. The van der Waals surface area contributed by atoms with Gasteiger partial charge in [-0.3, -0.25) is 4.98 Å².